The standard InChI is InChI=1S/C16H21NOS2/c1-16(2,3)9-5-6-10-11(7-9)20-12-8-13(19)17(4)15(18)14(10)12/h8-9,19H,5-7H2,1-4H3/t9-/m1/s1. The molecule has 0 saturated carbocycles. The minimum Gasteiger partial charge on any atom is -0.306 e. The predicted molar refractivity (Wildman–Crippen MR) is 89.3 cm³/mol. The van der Waals surface area contributed by atoms with Gasteiger partial charge in [-0.1, -0.05) is 20.8 Å². The van der Waals surface area contributed by atoms with Gasteiger partial charge in [0.15, 0.2) is 0 Å². The molecular formula is C16H21NOS2. The lowest BCUT2D eigenvalue weighted by atomic mass is 9.72. The van der Waals surface area contributed by atoms with E-state index < -0.39 is 0 Å². The Hall–Kier alpha value is -0.740. The van der Waals surface area contributed by atoms with E-state index in [9.17, 15) is 4.79 Å². The molecule has 20 heavy (non-hydrogen) atoms. The van der Waals surface area contributed by atoms with Gasteiger partial charge in [0, 0.05) is 16.6 Å². The van der Waals surface area contributed by atoms with E-state index in [2.05, 4.69) is 33.4 Å². The Labute approximate surface area is 129 Å². The molecule has 0 aromatic carbocycles. The van der Waals surface area contributed by atoms with Crippen LogP contribution in [-0.4, -0.2) is 4.57 Å². The van der Waals surface area contributed by atoms with Gasteiger partial charge in [-0.2, -0.15) is 0 Å². The van der Waals surface area contributed by atoms with E-state index in [1.165, 1.54) is 16.9 Å². The van der Waals surface area contributed by atoms with E-state index in [-0.39, 0.29) is 5.56 Å². The quantitative estimate of drug-likeness (QED) is 0.729. The van der Waals surface area contributed by atoms with Gasteiger partial charge in [-0.25, -0.2) is 0 Å². The summed E-state index contributed by atoms with van der Waals surface area (Å²) in [6, 6.07) is 2.04. The number of rotatable bonds is 0. The van der Waals surface area contributed by atoms with Crippen molar-refractivity contribution >= 4 is 34.1 Å². The van der Waals surface area contributed by atoms with Gasteiger partial charge in [-0.3, -0.25) is 4.79 Å². The van der Waals surface area contributed by atoms with E-state index >= 15 is 0 Å². The van der Waals surface area contributed by atoms with Crippen LogP contribution in [0, 0.1) is 11.3 Å². The highest BCUT2D eigenvalue weighted by Crippen LogP contribution is 2.42. The van der Waals surface area contributed by atoms with E-state index in [1.54, 1.807) is 23.0 Å². The first-order chi connectivity index (χ1) is 9.29. The molecule has 1 aliphatic carbocycles. The summed E-state index contributed by atoms with van der Waals surface area (Å²) in [7, 11) is 1.80. The number of thiophene rings is 1. The molecule has 4 heteroatoms. The first-order valence-electron chi connectivity index (χ1n) is 7.12. The van der Waals surface area contributed by atoms with Crippen molar-refractivity contribution in [3.05, 3.63) is 26.9 Å². The molecule has 1 aliphatic rings. The summed E-state index contributed by atoms with van der Waals surface area (Å²) in [6.45, 7) is 6.96. The largest absolute Gasteiger partial charge is 0.306 e. The molecule has 0 N–H and O–H groups in total. The molecule has 0 radical (unpaired) electrons. The van der Waals surface area contributed by atoms with Crippen LogP contribution in [0.2, 0.25) is 0 Å². The monoisotopic (exact) mass is 307 g/mol. The van der Waals surface area contributed by atoms with Gasteiger partial charge < -0.3 is 4.57 Å². The van der Waals surface area contributed by atoms with Crippen LogP contribution in [0.15, 0.2) is 15.9 Å². The fourth-order valence-electron chi connectivity index (χ4n) is 3.17. The number of aryl methyl sites for hydroxylation is 1. The van der Waals surface area contributed by atoms with Gasteiger partial charge in [0.05, 0.1) is 10.4 Å². The molecule has 108 valence electrons. The maximum absolute atomic E-state index is 12.5. The molecule has 0 amide bonds. The van der Waals surface area contributed by atoms with Crippen molar-refractivity contribution < 1.29 is 0 Å². The fourth-order valence-corrected chi connectivity index (χ4v) is 4.84. The van der Waals surface area contributed by atoms with E-state index in [4.69, 9.17) is 0 Å². The molecule has 0 aliphatic heterocycles. The Morgan fingerprint density at radius 1 is 1.40 bits per heavy atom. The van der Waals surface area contributed by atoms with Crippen LogP contribution in [0.5, 0.6) is 0 Å². The Morgan fingerprint density at radius 3 is 2.75 bits per heavy atom. The molecule has 2 aromatic rings. The summed E-state index contributed by atoms with van der Waals surface area (Å²) in [5.74, 6) is 0.711. The summed E-state index contributed by atoms with van der Waals surface area (Å²) in [5, 5.41) is 1.69. The highest BCUT2D eigenvalue weighted by molar-refractivity contribution is 7.80. The van der Waals surface area contributed by atoms with Crippen molar-refractivity contribution in [2.24, 2.45) is 18.4 Å². The van der Waals surface area contributed by atoms with E-state index in [0.717, 1.165) is 28.0 Å². The summed E-state index contributed by atoms with van der Waals surface area (Å²) >= 11 is 6.19. The summed E-state index contributed by atoms with van der Waals surface area (Å²) in [4.78, 5) is 13.9. The Bertz CT molecular complexity index is 733. The molecule has 0 bridgehead atoms. The third kappa shape index (κ3) is 2.13. The van der Waals surface area contributed by atoms with Gasteiger partial charge in [-0.05, 0) is 42.2 Å². The zero-order valence-electron chi connectivity index (χ0n) is 12.5. The number of thiol groups is 1. The van der Waals surface area contributed by atoms with Crippen LogP contribution < -0.4 is 5.56 Å². The van der Waals surface area contributed by atoms with Gasteiger partial charge >= 0.3 is 0 Å². The van der Waals surface area contributed by atoms with Crippen molar-refractivity contribution in [2.75, 3.05) is 0 Å². The second-order valence-corrected chi connectivity index (χ2v) is 8.51. The number of hydrogen-bond acceptors (Lipinski definition) is 3. The van der Waals surface area contributed by atoms with Crippen LogP contribution in [0.3, 0.4) is 0 Å². The lowest BCUT2D eigenvalue weighted by Gasteiger charge is -2.33. The van der Waals surface area contributed by atoms with Crippen molar-refractivity contribution in [2.45, 2.75) is 45.1 Å². The molecular weight excluding hydrogens is 286 g/mol. The van der Waals surface area contributed by atoms with Crippen molar-refractivity contribution in [1.82, 2.24) is 4.57 Å². The van der Waals surface area contributed by atoms with Crippen LogP contribution in [0.1, 0.15) is 37.6 Å². The van der Waals surface area contributed by atoms with E-state index in [0.29, 0.717) is 11.3 Å². The van der Waals surface area contributed by atoms with Crippen molar-refractivity contribution in [3.8, 4) is 0 Å². The SMILES string of the molecule is Cn1c(S)cc2sc3c(c2c1=O)CC[C@@H](C(C)(C)C)C3. The van der Waals surface area contributed by atoms with E-state index in [1.807, 2.05) is 6.07 Å². The molecule has 0 unspecified atom stereocenters. The molecule has 0 spiro atoms. The van der Waals surface area contributed by atoms with Gasteiger partial charge in [0.2, 0.25) is 0 Å². The molecule has 2 aromatic heterocycles. The number of pyridine rings is 1. The predicted octanol–water partition coefficient (Wildman–Crippen LogP) is 4.04. The third-order valence-corrected chi connectivity index (χ3v) is 6.27. The smallest absolute Gasteiger partial charge is 0.260 e. The number of hydrogen-bond donors (Lipinski definition) is 1. The normalized spacial score (nSPS) is 19.4. The van der Waals surface area contributed by atoms with Gasteiger partial charge in [0.1, 0.15) is 0 Å². The average Bonchev–Trinajstić information content (AvgIpc) is 2.71. The minimum absolute atomic E-state index is 0.110. The topological polar surface area (TPSA) is 22.0 Å². The molecule has 3 rings (SSSR count). The summed E-state index contributed by atoms with van der Waals surface area (Å²) < 4.78 is 2.76. The first-order valence-corrected chi connectivity index (χ1v) is 8.38. The average molecular weight is 307 g/mol. The maximum Gasteiger partial charge on any atom is 0.260 e. The Kier molecular flexibility index (Phi) is 3.29. The van der Waals surface area contributed by atoms with Crippen molar-refractivity contribution in [3.63, 3.8) is 0 Å². The second-order valence-electron chi connectivity index (χ2n) is 6.92. The molecule has 1 atom stereocenters. The van der Waals surface area contributed by atoms with Gasteiger partial charge in [-0.15, -0.1) is 24.0 Å². The summed E-state index contributed by atoms with van der Waals surface area (Å²) in [5.41, 5.74) is 1.76. The molecule has 0 saturated heterocycles. The number of nitrogens with zero attached hydrogens (tertiary/aromatic N) is 1. The highest BCUT2D eigenvalue weighted by Gasteiger charge is 2.31. The zero-order valence-corrected chi connectivity index (χ0v) is 14.2. The summed E-state index contributed by atoms with van der Waals surface area (Å²) in [6.07, 6.45) is 3.34. The maximum atomic E-state index is 12.5. The Balaban J connectivity index is 2.17. The van der Waals surface area contributed by atoms with Crippen LogP contribution in [0.25, 0.3) is 10.1 Å². The molecule has 0 fully saturated rings. The van der Waals surface area contributed by atoms with Crippen LogP contribution in [-0.2, 0) is 19.9 Å². The fraction of sp³-hybridized carbons (Fsp3) is 0.562. The minimum atomic E-state index is 0.110. The van der Waals surface area contributed by atoms with Gasteiger partial charge in [0.25, 0.3) is 5.56 Å². The van der Waals surface area contributed by atoms with Crippen molar-refractivity contribution in [1.29, 1.82) is 0 Å². The Morgan fingerprint density at radius 2 is 2.10 bits per heavy atom. The van der Waals surface area contributed by atoms with Crippen LogP contribution in [0.4, 0.5) is 0 Å². The highest BCUT2D eigenvalue weighted by atomic mass is 32.1. The number of aromatic nitrogens is 1. The van der Waals surface area contributed by atoms with Crippen LogP contribution >= 0.6 is 24.0 Å². The molecule has 2 heterocycles. The third-order valence-electron chi connectivity index (χ3n) is 4.64. The first kappa shape index (κ1) is 14.2. The molecule has 2 nitrogen and oxygen atoms in total. The lowest BCUT2D eigenvalue weighted by Crippen LogP contribution is -2.26. The second kappa shape index (κ2) is 4.63. The number of fused-ring (bicyclic) bond motifs is 3. The lowest BCUT2D eigenvalue weighted by molar-refractivity contribution is 0.218. The zero-order chi connectivity index (χ0) is 14.7.